The number of allylic oxidation sites excluding steroid dienone is 1. The predicted octanol–water partition coefficient (Wildman–Crippen LogP) is 2.38. The molecule has 0 saturated carbocycles. The maximum atomic E-state index is 11.6. The molecule has 0 aromatic heterocycles. The summed E-state index contributed by atoms with van der Waals surface area (Å²) in [6.07, 6.45) is 0.606. The van der Waals surface area contributed by atoms with Crippen molar-refractivity contribution in [1.29, 1.82) is 0 Å². The van der Waals surface area contributed by atoms with E-state index in [-0.39, 0.29) is 5.91 Å². The van der Waals surface area contributed by atoms with Crippen molar-refractivity contribution in [3.63, 3.8) is 0 Å². The van der Waals surface area contributed by atoms with Gasteiger partial charge in [0.05, 0.1) is 0 Å². The van der Waals surface area contributed by atoms with Gasteiger partial charge in [0, 0.05) is 18.7 Å². The third-order valence-electron chi connectivity index (χ3n) is 1.87. The number of carbonyl (C=O) groups is 1. The molecule has 74 valence electrons. The lowest BCUT2D eigenvalue weighted by atomic mass is 10.1. The van der Waals surface area contributed by atoms with Crippen LogP contribution in [0.15, 0.2) is 24.3 Å². The Morgan fingerprint density at radius 3 is 2.00 bits per heavy atom. The van der Waals surface area contributed by atoms with E-state index in [0.29, 0.717) is 12.0 Å². The van der Waals surface area contributed by atoms with Crippen molar-refractivity contribution in [1.82, 2.24) is 4.90 Å². The van der Waals surface area contributed by atoms with Crippen LogP contribution in [0, 0.1) is 0 Å². The third-order valence-corrected chi connectivity index (χ3v) is 1.87. The summed E-state index contributed by atoms with van der Waals surface area (Å²) in [7, 11) is 0. The number of hydrogen-bond acceptors (Lipinski definition) is 1. The van der Waals surface area contributed by atoms with Crippen LogP contribution >= 0.6 is 0 Å². The quantitative estimate of drug-likeness (QED) is 0.471. The van der Waals surface area contributed by atoms with E-state index in [0.717, 1.165) is 18.7 Å². The summed E-state index contributed by atoms with van der Waals surface area (Å²) >= 11 is 0. The molecule has 0 saturated heterocycles. The highest BCUT2D eigenvalue weighted by Gasteiger charge is 2.12. The lowest BCUT2D eigenvalue weighted by molar-refractivity contribution is -0.126. The molecule has 0 aromatic carbocycles. The van der Waals surface area contributed by atoms with Crippen LogP contribution in [0.1, 0.15) is 27.2 Å². The molecule has 0 aliphatic heterocycles. The molecular formula is C11H19NO. The first kappa shape index (κ1) is 11.9. The largest absolute Gasteiger partial charge is 0.339 e. The molecule has 2 nitrogen and oxygen atoms in total. The minimum absolute atomic E-state index is 0.0491. The van der Waals surface area contributed by atoms with Crippen molar-refractivity contribution in [2.45, 2.75) is 27.2 Å². The van der Waals surface area contributed by atoms with Gasteiger partial charge in [0.2, 0.25) is 5.91 Å². The van der Waals surface area contributed by atoms with Gasteiger partial charge in [0.1, 0.15) is 0 Å². The van der Waals surface area contributed by atoms with Crippen molar-refractivity contribution >= 4 is 5.91 Å². The smallest absolute Gasteiger partial charge is 0.249 e. The number of rotatable bonds is 5. The maximum Gasteiger partial charge on any atom is 0.249 e. The molecule has 0 atom stereocenters. The fourth-order valence-electron chi connectivity index (χ4n) is 1.17. The Morgan fingerprint density at radius 1 is 1.23 bits per heavy atom. The fourth-order valence-corrected chi connectivity index (χ4v) is 1.17. The highest BCUT2D eigenvalue weighted by molar-refractivity contribution is 5.93. The number of likely N-dealkylation sites (N-methyl/N-ethyl adjacent to an activating group) is 1. The van der Waals surface area contributed by atoms with Crippen LogP contribution in [0.5, 0.6) is 0 Å². The second-order valence-electron chi connectivity index (χ2n) is 3.21. The predicted molar refractivity (Wildman–Crippen MR) is 56.5 cm³/mol. The number of carbonyl (C=O) groups excluding carboxylic acids is 1. The van der Waals surface area contributed by atoms with E-state index >= 15 is 0 Å². The van der Waals surface area contributed by atoms with Crippen LogP contribution in [0.25, 0.3) is 0 Å². The number of amides is 1. The summed E-state index contributed by atoms with van der Waals surface area (Å²) < 4.78 is 0. The number of hydrogen-bond donors (Lipinski definition) is 0. The molecule has 0 heterocycles. The van der Waals surface area contributed by atoms with E-state index < -0.39 is 0 Å². The lowest BCUT2D eigenvalue weighted by Gasteiger charge is -2.19. The summed E-state index contributed by atoms with van der Waals surface area (Å²) in [4.78, 5) is 13.4. The molecule has 0 rings (SSSR count). The van der Waals surface area contributed by atoms with E-state index in [1.54, 1.807) is 4.90 Å². The van der Waals surface area contributed by atoms with E-state index in [1.165, 1.54) is 0 Å². The van der Waals surface area contributed by atoms with E-state index in [2.05, 4.69) is 13.2 Å². The molecule has 0 aliphatic rings. The molecular weight excluding hydrogens is 162 g/mol. The summed E-state index contributed by atoms with van der Waals surface area (Å²) in [5.74, 6) is 0.0491. The van der Waals surface area contributed by atoms with Gasteiger partial charge in [-0.15, -0.1) is 0 Å². The van der Waals surface area contributed by atoms with Gasteiger partial charge >= 0.3 is 0 Å². The normalized spacial score (nSPS) is 9.46. The summed E-state index contributed by atoms with van der Waals surface area (Å²) in [5.41, 5.74) is 1.61. The topological polar surface area (TPSA) is 20.3 Å². The zero-order valence-electron chi connectivity index (χ0n) is 8.89. The Bertz CT molecular complexity index is 214. The molecule has 0 spiro atoms. The van der Waals surface area contributed by atoms with Gasteiger partial charge in [0.15, 0.2) is 0 Å². The molecule has 0 fully saturated rings. The SMILES string of the molecule is C=C(C)CC(=C)C(=O)N(CC)CC. The van der Waals surface area contributed by atoms with Crippen LogP contribution in [-0.2, 0) is 4.79 Å². The highest BCUT2D eigenvalue weighted by atomic mass is 16.2. The fraction of sp³-hybridized carbons (Fsp3) is 0.545. The summed E-state index contributed by atoms with van der Waals surface area (Å²) in [6.45, 7) is 14.8. The Morgan fingerprint density at radius 2 is 1.69 bits per heavy atom. The van der Waals surface area contributed by atoms with Gasteiger partial charge in [-0.1, -0.05) is 18.7 Å². The van der Waals surface area contributed by atoms with Gasteiger partial charge in [0.25, 0.3) is 0 Å². The van der Waals surface area contributed by atoms with Crippen LogP contribution in [0.4, 0.5) is 0 Å². The van der Waals surface area contributed by atoms with Crippen molar-refractivity contribution in [3.8, 4) is 0 Å². The average molecular weight is 181 g/mol. The molecule has 0 aromatic rings. The zero-order chi connectivity index (χ0) is 10.4. The van der Waals surface area contributed by atoms with E-state index in [9.17, 15) is 4.79 Å². The van der Waals surface area contributed by atoms with Gasteiger partial charge in [-0.2, -0.15) is 0 Å². The van der Waals surface area contributed by atoms with Crippen molar-refractivity contribution in [3.05, 3.63) is 24.3 Å². The minimum Gasteiger partial charge on any atom is -0.339 e. The molecule has 1 amide bonds. The molecule has 0 bridgehead atoms. The molecule has 2 heteroatoms. The van der Waals surface area contributed by atoms with Gasteiger partial charge in [-0.3, -0.25) is 4.79 Å². The molecule has 0 radical (unpaired) electrons. The minimum atomic E-state index is 0.0491. The summed E-state index contributed by atoms with van der Waals surface area (Å²) in [5, 5.41) is 0. The van der Waals surface area contributed by atoms with Crippen LogP contribution in [0.2, 0.25) is 0 Å². The first-order chi connectivity index (χ1) is 6.02. The van der Waals surface area contributed by atoms with Gasteiger partial charge < -0.3 is 4.90 Å². The highest BCUT2D eigenvalue weighted by Crippen LogP contribution is 2.09. The standard InChI is InChI=1S/C11H19NO/c1-6-12(7-2)11(13)10(5)8-9(3)4/h3,5-8H2,1-2,4H3. The summed E-state index contributed by atoms with van der Waals surface area (Å²) in [6, 6.07) is 0. The molecule has 0 aliphatic carbocycles. The monoisotopic (exact) mass is 181 g/mol. The van der Waals surface area contributed by atoms with E-state index in [1.807, 2.05) is 20.8 Å². The maximum absolute atomic E-state index is 11.6. The number of nitrogens with zero attached hydrogens (tertiary/aromatic N) is 1. The van der Waals surface area contributed by atoms with Gasteiger partial charge in [-0.05, 0) is 27.2 Å². The Hall–Kier alpha value is -1.05. The lowest BCUT2D eigenvalue weighted by Crippen LogP contribution is -2.31. The first-order valence-corrected chi connectivity index (χ1v) is 4.64. The first-order valence-electron chi connectivity index (χ1n) is 4.64. The third kappa shape index (κ3) is 3.92. The van der Waals surface area contributed by atoms with Crippen LogP contribution in [0.3, 0.4) is 0 Å². The second-order valence-corrected chi connectivity index (χ2v) is 3.21. The Kier molecular flexibility index (Phi) is 5.12. The second kappa shape index (κ2) is 5.57. The van der Waals surface area contributed by atoms with Crippen molar-refractivity contribution in [2.24, 2.45) is 0 Å². The van der Waals surface area contributed by atoms with Crippen molar-refractivity contribution < 1.29 is 4.79 Å². The zero-order valence-corrected chi connectivity index (χ0v) is 8.89. The van der Waals surface area contributed by atoms with Crippen LogP contribution in [-0.4, -0.2) is 23.9 Å². The van der Waals surface area contributed by atoms with Crippen molar-refractivity contribution in [2.75, 3.05) is 13.1 Å². The Labute approximate surface area is 80.9 Å². The molecule has 13 heavy (non-hydrogen) atoms. The van der Waals surface area contributed by atoms with Crippen LogP contribution < -0.4 is 0 Å². The van der Waals surface area contributed by atoms with Gasteiger partial charge in [-0.25, -0.2) is 0 Å². The average Bonchev–Trinajstić information content (AvgIpc) is 2.05. The Balaban J connectivity index is 4.24. The van der Waals surface area contributed by atoms with E-state index in [4.69, 9.17) is 0 Å². The molecule has 0 unspecified atom stereocenters. The molecule has 0 N–H and O–H groups in total.